The van der Waals surface area contributed by atoms with Gasteiger partial charge in [0.1, 0.15) is 19.7 Å². The van der Waals surface area contributed by atoms with Crippen LogP contribution in [-0.2, 0) is 32.7 Å². The number of ether oxygens (including phenoxy) is 2. The van der Waals surface area contributed by atoms with E-state index >= 15 is 0 Å². The molecule has 51 heavy (non-hydrogen) atoms. The number of phosphoric ester groups is 1. The van der Waals surface area contributed by atoms with Crippen molar-refractivity contribution in [3.8, 4) is 0 Å². The molecule has 2 atom stereocenters. The summed E-state index contributed by atoms with van der Waals surface area (Å²) >= 11 is 0. The third kappa shape index (κ3) is 38.3. The lowest BCUT2D eigenvalue weighted by Gasteiger charge is -2.28. The number of carbonyl (C=O) groups is 2. The van der Waals surface area contributed by atoms with Crippen molar-refractivity contribution in [3.63, 3.8) is 0 Å². The van der Waals surface area contributed by atoms with E-state index in [-0.39, 0.29) is 26.0 Å². The summed E-state index contributed by atoms with van der Waals surface area (Å²) in [5.74, 6) is -2.23. The normalized spacial score (nSPS) is 16.4. The minimum absolute atomic E-state index is 0.202. The zero-order valence-electron chi connectivity index (χ0n) is 38.3. The van der Waals surface area contributed by atoms with Gasteiger partial charge >= 0.3 is 11.9 Å². The smallest absolute Gasteiger partial charge is 0.306 e. The second-order valence-corrected chi connectivity index (χ2v) is 16.2. The molecule has 0 saturated carbocycles. The van der Waals surface area contributed by atoms with Crippen LogP contribution in [0, 0.1) is 0 Å². The number of carbonyl (C=O) groups excluding carboxylic acids is 2. The van der Waals surface area contributed by atoms with Gasteiger partial charge in [0.15, 0.2) is 6.08 Å². The van der Waals surface area contributed by atoms with Gasteiger partial charge in [0, 0.05) is 12.8 Å². The summed E-state index contributed by atoms with van der Waals surface area (Å²) in [6.45, 7) is -3.25. The predicted molar refractivity (Wildman–Crippen MR) is 208 cm³/mol. The fourth-order valence-electron chi connectivity index (χ4n) is 5.38. The van der Waals surface area contributed by atoms with Gasteiger partial charge < -0.3 is 27.9 Å². The molecular weight excluding hydrogens is 665 g/mol. The number of quaternary nitrogens is 1. The molecule has 0 aromatic heterocycles. The third-order valence-corrected chi connectivity index (χ3v) is 9.43. The lowest BCUT2D eigenvalue weighted by molar-refractivity contribution is -0.870. The number of hydrogen-bond donors (Lipinski definition) is 0. The highest BCUT2D eigenvalue weighted by Gasteiger charge is 2.21. The number of rotatable bonds is 38. The summed E-state index contributed by atoms with van der Waals surface area (Å²) in [7, 11) is -0.154. The van der Waals surface area contributed by atoms with Crippen LogP contribution in [-0.4, -0.2) is 69.9 Å². The van der Waals surface area contributed by atoms with Gasteiger partial charge in [0.25, 0.3) is 7.82 Å². The number of allylic oxidation sites excluding steroid dienone is 2. The van der Waals surface area contributed by atoms with Crippen molar-refractivity contribution in [3.05, 3.63) is 12.2 Å². The van der Waals surface area contributed by atoms with Crippen LogP contribution in [0.3, 0.4) is 0 Å². The van der Waals surface area contributed by atoms with Crippen LogP contribution >= 0.6 is 7.82 Å². The molecule has 0 spiro atoms. The first-order chi connectivity index (χ1) is 26.3. The van der Waals surface area contributed by atoms with Crippen molar-refractivity contribution in [2.75, 3.05) is 47.4 Å². The predicted octanol–water partition coefficient (Wildman–Crippen LogP) is 10.8. The van der Waals surface area contributed by atoms with E-state index in [1.807, 2.05) is 0 Å². The number of likely N-dealkylation sites (N-methyl/N-ethyl adjacent to an activating group) is 1. The molecular formula is C41H80NO8P. The van der Waals surface area contributed by atoms with E-state index < -0.39 is 39.0 Å². The first-order valence-electron chi connectivity index (χ1n) is 22.9. The Bertz CT molecular complexity index is 1110. The fraction of sp³-hybridized carbons (Fsp3) is 0.902. The molecule has 0 aliphatic rings. The highest BCUT2D eigenvalue weighted by atomic mass is 31.2. The quantitative estimate of drug-likeness (QED) is 0.0202. The molecule has 0 heterocycles. The van der Waals surface area contributed by atoms with Crippen molar-refractivity contribution < 1.29 is 48.9 Å². The lowest BCUT2D eigenvalue weighted by Crippen LogP contribution is -2.37. The van der Waals surface area contributed by atoms with Crippen LogP contribution in [0.4, 0.5) is 0 Å². The molecule has 0 radical (unpaired) electrons. The van der Waals surface area contributed by atoms with Gasteiger partial charge in [0.2, 0.25) is 0 Å². The average Bonchev–Trinajstić information content (AvgIpc) is 3.08. The first kappa shape index (κ1) is 40.9. The van der Waals surface area contributed by atoms with Gasteiger partial charge in [0.05, 0.1) is 34.6 Å². The van der Waals surface area contributed by atoms with Crippen LogP contribution in [0.25, 0.3) is 0 Å². The number of esters is 2. The molecule has 10 heteroatoms. The molecule has 0 rings (SSSR count). The monoisotopic (exact) mass is 751 g/mol. The molecule has 0 N–H and O–H groups in total. The number of phosphoric acid groups is 1. The molecule has 302 valence electrons. The lowest BCUT2D eigenvalue weighted by atomic mass is 10.0. The Balaban J connectivity index is 5.14. The van der Waals surface area contributed by atoms with Gasteiger partial charge in [-0.3, -0.25) is 14.2 Å². The molecule has 0 aliphatic heterocycles. The number of nitrogens with zero attached hydrogens (tertiary/aromatic N) is 1. The number of hydrogen-bond acceptors (Lipinski definition) is 8. The van der Waals surface area contributed by atoms with E-state index in [0.29, 0.717) is 30.2 Å². The first-order valence-corrected chi connectivity index (χ1v) is 21.8. The van der Waals surface area contributed by atoms with Crippen molar-refractivity contribution in [2.45, 2.75) is 193 Å². The Morgan fingerprint density at radius 1 is 0.647 bits per heavy atom. The van der Waals surface area contributed by atoms with E-state index in [4.69, 9.17) is 20.9 Å². The second-order valence-electron chi connectivity index (χ2n) is 14.8. The zero-order chi connectivity index (χ0) is 42.4. The number of unbranched alkanes of at least 4 members (excludes halogenated alkanes) is 22. The van der Waals surface area contributed by atoms with Crippen LogP contribution < -0.4 is 4.89 Å². The maximum absolute atomic E-state index is 12.9. The van der Waals surface area contributed by atoms with Crippen molar-refractivity contribution in [2.24, 2.45) is 0 Å². The fourth-order valence-corrected chi connectivity index (χ4v) is 5.93. The van der Waals surface area contributed by atoms with E-state index in [2.05, 4.69) is 30.5 Å². The summed E-state index contributed by atoms with van der Waals surface area (Å²) in [5, 5.41) is 0. The molecule has 0 aromatic rings. The van der Waals surface area contributed by atoms with Gasteiger partial charge in [-0.2, -0.15) is 0 Å². The maximum atomic E-state index is 12.9. The van der Waals surface area contributed by atoms with Crippen LogP contribution in [0.1, 0.15) is 194 Å². The summed E-state index contributed by atoms with van der Waals surface area (Å²) < 4.78 is 74.7. The van der Waals surface area contributed by atoms with Crippen molar-refractivity contribution >= 4 is 19.8 Å². The summed E-state index contributed by atoms with van der Waals surface area (Å²) in [5.41, 5.74) is 0. The Kier molecular flexibility index (Phi) is 27.7. The molecule has 0 aliphatic carbocycles. The van der Waals surface area contributed by atoms with Gasteiger partial charge in [-0.05, 0) is 38.5 Å². The molecule has 1 unspecified atom stereocenters. The van der Waals surface area contributed by atoms with Crippen molar-refractivity contribution in [1.29, 1.82) is 0 Å². The second kappa shape index (κ2) is 34.5. The van der Waals surface area contributed by atoms with Crippen LogP contribution in [0.15, 0.2) is 12.2 Å². The highest BCUT2D eigenvalue weighted by Crippen LogP contribution is 2.38. The minimum atomic E-state index is -5.50. The van der Waals surface area contributed by atoms with Gasteiger partial charge in [-0.1, -0.05) is 148 Å². The molecule has 0 fully saturated rings. The maximum Gasteiger partial charge on any atom is 0.306 e. The Labute approximate surface area is 321 Å². The SMILES string of the molecule is [2H]C([2H])(OC(=O)CCCCCCCCCCCCCCCC)[C@@]([2H])(OC(=O)CCCCCCC/C=C/CCCCCC)C([2H])([2H])OP(=O)([O-])OCC[N+](C)(C)C. The highest BCUT2D eigenvalue weighted by molar-refractivity contribution is 7.45. The molecule has 0 aromatic carbocycles. The minimum Gasteiger partial charge on any atom is -0.756 e. The van der Waals surface area contributed by atoms with Crippen LogP contribution in [0.5, 0.6) is 0 Å². The molecule has 9 nitrogen and oxygen atoms in total. The summed E-state index contributed by atoms with van der Waals surface area (Å²) in [6.07, 6.45) is 26.4. The Morgan fingerprint density at radius 3 is 1.53 bits per heavy atom. The van der Waals surface area contributed by atoms with E-state index in [1.165, 1.54) is 83.5 Å². The van der Waals surface area contributed by atoms with Gasteiger partial charge in [-0.15, -0.1) is 0 Å². The Morgan fingerprint density at radius 2 is 1.06 bits per heavy atom. The largest absolute Gasteiger partial charge is 0.756 e. The molecule has 0 bridgehead atoms. The Hall–Kier alpha value is -1.25. The average molecular weight is 751 g/mol. The standard InChI is InChI=1S/C41H80NO8P/c1-6-8-10-12-14-16-18-20-22-23-25-27-29-31-33-40(43)47-37-39(38-49-51(45,46)48-36-35-42(3,4)5)50-41(44)34-32-30-28-26-24-21-19-17-15-13-11-9-7-2/h17,19,39H,6-16,18,20-38H2,1-5H3/b19-17+/t39-/m1/s1/i37D2,38D2,39D. The van der Waals surface area contributed by atoms with E-state index in [1.54, 1.807) is 21.1 Å². The third-order valence-electron chi connectivity index (χ3n) is 8.61. The zero-order valence-corrected chi connectivity index (χ0v) is 34.2. The topological polar surface area (TPSA) is 111 Å². The van der Waals surface area contributed by atoms with E-state index in [9.17, 15) is 19.0 Å². The summed E-state index contributed by atoms with van der Waals surface area (Å²) in [6, 6.07) is 0. The molecule has 0 amide bonds. The van der Waals surface area contributed by atoms with Crippen LogP contribution in [0.2, 0.25) is 0 Å². The van der Waals surface area contributed by atoms with E-state index in [0.717, 1.165) is 51.4 Å². The van der Waals surface area contributed by atoms with Crippen molar-refractivity contribution in [1.82, 2.24) is 0 Å². The molecule has 0 saturated heterocycles. The van der Waals surface area contributed by atoms with Gasteiger partial charge in [-0.25, -0.2) is 0 Å². The summed E-state index contributed by atoms with van der Waals surface area (Å²) in [4.78, 5) is 38.4.